The molecule has 0 spiro atoms. The van der Waals surface area contributed by atoms with Crippen molar-refractivity contribution in [2.24, 2.45) is 10.9 Å². The third-order valence-electron chi connectivity index (χ3n) is 4.39. The van der Waals surface area contributed by atoms with Gasteiger partial charge in [0.15, 0.2) is 5.84 Å². The number of para-hydroxylation sites is 1. The van der Waals surface area contributed by atoms with E-state index in [1.54, 1.807) is 0 Å². The van der Waals surface area contributed by atoms with Crippen LogP contribution in [0.15, 0.2) is 23.4 Å². The highest BCUT2D eigenvalue weighted by atomic mass is 16.5. The molecule has 2 unspecified atom stereocenters. The van der Waals surface area contributed by atoms with Gasteiger partial charge in [0.05, 0.1) is 24.4 Å². The molecule has 1 saturated heterocycles. The molecule has 1 aliphatic heterocycles. The summed E-state index contributed by atoms with van der Waals surface area (Å²) in [6, 6.07) is 6.34. The average molecular weight is 275 g/mol. The Kier molecular flexibility index (Phi) is 3.53. The van der Waals surface area contributed by atoms with E-state index in [9.17, 15) is 0 Å². The third-order valence-corrected chi connectivity index (χ3v) is 4.39. The van der Waals surface area contributed by atoms with Crippen molar-refractivity contribution in [2.75, 3.05) is 18.1 Å². The fourth-order valence-electron chi connectivity index (χ4n) is 3.50. The number of anilines is 1. The van der Waals surface area contributed by atoms with Crippen molar-refractivity contribution in [1.29, 1.82) is 0 Å². The van der Waals surface area contributed by atoms with Gasteiger partial charge in [-0.25, -0.2) is 0 Å². The summed E-state index contributed by atoms with van der Waals surface area (Å²) in [6.45, 7) is 3.67. The quantitative estimate of drug-likeness (QED) is 0.374. The first-order valence-electron chi connectivity index (χ1n) is 7.18. The lowest BCUT2D eigenvalue weighted by Crippen LogP contribution is -2.49. The molecule has 5 nitrogen and oxygen atoms in total. The smallest absolute Gasteiger partial charge is 0.172 e. The van der Waals surface area contributed by atoms with Crippen molar-refractivity contribution in [3.63, 3.8) is 0 Å². The number of benzene rings is 1. The molecule has 0 aromatic heterocycles. The SMILES string of the molecule is Cc1cccc(/C(N)=N/O)c1N1CCOC2CCCC21. The van der Waals surface area contributed by atoms with Crippen LogP contribution in [0.4, 0.5) is 5.69 Å². The molecule has 1 heterocycles. The van der Waals surface area contributed by atoms with E-state index in [1.807, 2.05) is 12.1 Å². The zero-order valence-electron chi connectivity index (χ0n) is 11.7. The van der Waals surface area contributed by atoms with E-state index in [0.29, 0.717) is 12.1 Å². The van der Waals surface area contributed by atoms with Crippen LogP contribution in [0, 0.1) is 6.92 Å². The number of rotatable bonds is 2. The highest BCUT2D eigenvalue weighted by Crippen LogP contribution is 2.36. The largest absolute Gasteiger partial charge is 0.409 e. The Morgan fingerprint density at radius 2 is 2.30 bits per heavy atom. The summed E-state index contributed by atoms with van der Waals surface area (Å²) in [4.78, 5) is 2.39. The standard InChI is InChI=1S/C15H21N3O2/c1-10-4-2-5-11(15(16)17-19)14(10)18-8-9-20-13-7-3-6-12(13)18/h2,4-5,12-13,19H,3,6-9H2,1H3,(H2,16,17). The molecule has 1 aromatic carbocycles. The molecule has 3 N–H and O–H groups in total. The van der Waals surface area contributed by atoms with E-state index in [1.165, 1.54) is 6.42 Å². The number of aryl methyl sites for hydroxylation is 1. The predicted octanol–water partition coefficient (Wildman–Crippen LogP) is 1.85. The molecule has 2 aliphatic rings. The minimum Gasteiger partial charge on any atom is -0.409 e. The fourth-order valence-corrected chi connectivity index (χ4v) is 3.50. The van der Waals surface area contributed by atoms with Gasteiger partial charge in [-0.2, -0.15) is 0 Å². The van der Waals surface area contributed by atoms with Crippen LogP contribution in [-0.4, -0.2) is 36.3 Å². The summed E-state index contributed by atoms with van der Waals surface area (Å²) < 4.78 is 5.87. The summed E-state index contributed by atoms with van der Waals surface area (Å²) in [5.74, 6) is 0.171. The van der Waals surface area contributed by atoms with Gasteiger partial charge in [-0.05, 0) is 37.8 Å². The first kappa shape index (κ1) is 13.2. The molecule has 1 aromatic rings. The summed E-state index contributed by atoms with van der Waals surface area (Å²) >= 11 is 0. The summed E-state index contributed by atoms with van der Waals surface area (Å²) in [7, 11) is 0. The number of oxime groups is 1. The van der Waals surface area contributed by atoms with E-state index >= 15 is 0 Å². The summed E-state index contributed by atoms with van der Waals surface area (Å²) in [6.07, 6.45) is 3.81. The maximum Gasteiger partial charge on any atom is 0.172 e. The maximum atomic E-state index is 9.01. The zero-order valence-corrected chi connectivity index (χ0v) is 11.7. The monoisotopic (exact) mass is 275 g/mol. The van der Waals surface area contributed by atoms with Crippen molar-refractivity contribution in [3.05, 3.63) is 29.3 Å². The van der Waals surface area contributed by atoms with Gasteiger partial charge in [0.2, 0.25) is 0 Å². The van der Waals surface area contributed by atoms with Gasteiger partial charge in [0, 0.05) is 12.1 Å². The normalized spacial score (nSPS) is 26.6. The second-order valence-corrected chi connectivity index (χ2v) is 5.56. The highest BCUT2D eigenvalue weighted by Gasteiger charge is 2.37. The molecule has 0 amide bonds. The molecule has 108 valence electrons. The van der Waals surface area contributed by atoms with Gasteiger partial charge < -0.3 is 20.6 Å². The van der Waals surface area contributed by atoms with Crippen LogP contribution >= 0.6 is 0 Å². The molecule has 2 fully saturated rings. The Morgan fingerprint density at radius 1 is 1.45 bits per heavy atom. The molecule has 1 aliphatic carbocycles. The Balaban J connectivity index is 2.04. The lowest BCUT2D eigenvalue weighted by Gasteiger charge is -2.41. The van der Waals surface area contributed by atoms with Crippen molar-refractivity contribution in [2.45, 2.75) is 38.3 Å². The number of ether oxygens (including phenoxy) is 1. The van der Waals surface area contributed by atoms with Crippen molar-refractivity contribution >= 4 is 11.5 Å². The number of nitrogens with two attached hydrogens (primary N) is 1. The van der Waals surface area contributed by atoms with Gasteiger partial charge in [0.25, 0.3) is 0 Å². The van der Waals surface area contributed by atoms with Crippen LogP contribution < -0.4 is 10.6 Å². The summed E-state index contributed by atoms with van der Waals surface area (Å²) in [5, 5.41) is 12.2. The Morgan fingerprint density at radius 3 is 3.10 bits per heavy atom. The number of morpholine rings is 1. The van der Waals surface area contributed by atoms with Crippen LogP contribution in [0.5, 0.6) is 0 Å². The predicted molar refractivity (Wildman–Crippen MR) is 78.4 cm³/mol. The lowest BCUT2D eigenvalue weighted by molar-refractivity contribution is 0.0256. The van der Waals surface area contributed by atoms with Gasteiger partial charge >= 0.3 is 0 Å². The minimum atomic E-state index is 0.171. The molecular formula is C15H21N3O2. The van der Waals surface area contributed by atoms with E-state index < -0.39 is 0 Å². The Hall–Kier alpha value is -1.75. The molecule has 0 radical (unpaired) electrons. The topological polar surface area (TPSA) is 71.1 Å². The summed E-state index contributed by atoms with van der Waals surface area (Å²) in [5.41, 5.74) is 8.90. The third kappa shape index (κ3) is 2.12. The molecule has 5 heteroatoms. The van der Waals surface area contributed by atoms with Crippen molar-refractivity contribution in [3.8, 4) is 0 Å². The maximum absolute atomic E-state index is 9.01. The molecule has 1 saturated carbocycles. The highest BCUT2D eigenvalue weighted by molar-refractivity contribution is 6.02. The number of hydrogen-bond acceptors (Lipinski definition) is 4. The van der Waals surface area contributed by atoms with Gasteiger partial charge in [-0.15, -0.1) is 0 Å². The first-order valence-corrected chi connectivity index (χ1v) is 7.18. The van der Waals surface area contributed by atoms with Crippen molar-refractivity contribution in [1.82, 2.24) is 0 Å². The van der Waals surface area contributed by atoms with E-state index in [0.717, 1.165) is 42.8 Å². The molecule has 3 rings (SSSR count). The van der Waals surface area contributed by atoms with Gasteiger partial charge in [-0.3, -0.25) is 0 Å². The lowest BCUT2D eigenvalue weighted by atomic mass is 10.0. The van der Waals surface area contributed by atoms with Crippen LogP contribution in [-0.2, 0) is 4.74 Å². The van der Waals surface area contributed by atoms with E-state index in [2.05, 4.69) is 23.0 Å². The second kappa shape index (κ2) is 5.32. The zero-order chi connectivity index (χ0) is 14.1. The fraction of sp³-hybridized carbons (Fsp3) is 0.533. The molecular weight excluding hydrogens is 254 g/mol. The van der Waals surface area contributed by atoms with Crippen LogP contribution in [0.3, 0.4) is 0 Å². The number of fused-ring (bicyclic) bond motifs is 1. The molecule has 20 heavy (non-hydrogen) atoms. The number of nitrogens with zero attached hydrogens (tertiary/aromatic N) is 2. The molecule has 0 bridgehead atoms. The van der Waals surface area contributed by atoms with Crippen molar-refractivity contribution < 1.29 is 9.94 Å². The minimum absolute atomic E-state index is 0.171. The first-order chi connectivity index (χ1) is 9.72. The van der Waals surface area contributed by atoms with Gasteiger partial charge in [0.1, 0.15) is 0 Å². The average Bonchev–Trinajstić information content (AvgIpc) is 2.94. The van der Waals surface area contributed by atoms with Gasteiger partial charge in [-0.1, -0.05) is 17.3 Å². The van der Waals surface area contributed by atoms with E-state index in [-0.39, 0.29) is 5.84 Å². The van der Waals surface area contributed by atoms with Crippen LogP contribution in [0.1, 0.15) is 30.4 Å². The Bertz CT molecular complexity index is 530. The Labute approximate surface area is 119 Å². The van der Waals surface area contributed by atoms with Crippen LogP contribution in [0.25, 0.3) is 0 Å². The second-order valence-electron chi connectivity index (χ2n) is 5.56. The number of amidine groups is 1. The number of hydrogen-bond donors (Lipinski definition) is 2. The molecule has 2 atom stereocenters. The van der Waals surface area contributed by atoms with E-state index in [4.69, 9.17) is 15.7 Å². The van der Waals surface area contributed by atoms with Crippen LogP contribution in [0.2, 0.25) is 0 Å².